The molecular formula is C18H27NO6S. The molecule has 0 aromatic heterocycles. The van der Waals surface area contributed by atoms with Crippen LogP contribution in [0.1, 0.15) is 18.4 Å². The van der Waals surface area contributed by atoms with Crippen molar-refractivity contribution in [3.8, 4) is 0 Å². The Bertz CT molecular complexity index is 514. The van der Waals surface area contributed by atoms with Gasteiger partial charge in [0, 0.05) is 26.1 Å². The topological polar surface area (TPSA) is 94.1 Å². The quantitative estimate of drug-likeness (QED) is 0.475. The molecule has 0 aliphatic carbocycles. The van der Waals surface area contributed by atoms with Gasteiger partial charge in [-0.3, -0.25) is 0 Å². The van der Waals surface area contributed by atoms with Gasteiger partial charge >= 0.3 is 12.1 Å². The van der Waals surface area contributed by atoms with Crippen molar-refractivity contribution >= 4 is 23.8 Å². The van der Waals surface area contributed by atoms with Crippen molar-refractivity contribution in [2.75, 3.05) is 38.4 Å². The fourth-order valence-corrected chi connectivity index (χ4v) is 2.84. The summed E-state index contributed by atoms with van der Waals surface area (Å²) in [4.78, 5) is 23.0. The molecule has 146 valence electrons. The standard InChI is InChI=1S/C18H27NO6S/c1-23-9-5-10-24-11-13-26-12-8-16(17(20)21)19-18(22)25-14-15-6-3-2-4-7-15/h2-4,6-7,16H,5,8-14H2,1H3,(H,19,22)(H,20,21). The molecule has 0 saturated carbocycles. The molecule has 0 spiro atoms. The number of hydrogen-bond donors (Lipinski definition) is 2. The molecule has 0 aliphatic rings. The molecule has 1 unspecified atom stereocenters. The molecule has 0 aliphatic heterocycles. The third kappa shape index (κ3) is 11.0. The average molecular weight is 385 g/mol. The molecule has 0 saturated heterocycles. The molecule has 0 radical (unpaired) electrons. The van der Waals surface area contributed by atoms with Crippen LogP contribution in [0.3, 0.4) is 0 Å². The van der Waals surface area contributed by atoms with Gasteiger partial charge in [-0.25, -0.2) is 9.59 Å². The number of aliphatic carboxylic acids is 1. The van der Waals surface area contributed by atoms with E-state index < -0.39 is 18.1 Å². The second-order valence-corrected chi connectivity index (χ2v) is 6.68. The van der Waals surface area contributed by atoms with Crippen LogP contribution >= 0.6 is 11.8 Å². The Morgan fingerprint density at radius 3 is 2.62 bits per heavy atom. The van der Waals surface area contributed by atoms with Gasteiger partial charge in [-0.05, 0) is 24.2 Å². The summed E-state index contributed by atoms with van der Waals surface area (Å²) in [7, 11) is 1.65. The molecule has 0 bridgehead atoms. The second-order valence-electron chi connectivity index (χ2n) is 5.46. The molecule has 1 aromatic rings. The van der Waals surface area contributed by atoms with Gasteiger partial charge in [0.2, 0.25) is 0 Å². The highest BCUT2D eigenvalue weighted by molar-refractivity contribution is 7.99. The first-order valence-electron chi connectivity index (χ1n) is 8.48. The highest BCUT2D eigenvalue weighted by Crippen LogP contribution is 2.07. The fraction of sp³-hybridized carbons (Fsp3) is 0.556. The molecule has 7 nitrogen and oxygen atoms in total. The van der Waals surface area contributed by atoms with E-state index in [1.165, 1.54) is 0 Å². The lowest BCUT2D eigenvalue weighted by molar-refractivity contribution is -0.139. The molecule has 2 N–H and O–H groups in total. The lowest BCUT2D eigenvalue weighted by Crippen LogP contribution is -2.41. The van der Waals surface area contributed by atoms with Crippen molar-refractivity contribution in [3.05, 3.63) is 35.9 Å². The van der Waals surface area contributed by atoms with E-state index in [1.807, 2.05) is 30.3 Å². The van der Waals surface area contributed by atoms with Gasteiger partial charge in [-0.1, -0.05) is 30.3 Å². The molecule has 1 aromatic carbocycles. The number of alkyl carbamates (subject to hydrolysis) is 1. The predicted octanol–water partition coefficient (Wildman–Crippen LogP) is 2.54. The van der Waals surface area contributed by atoms with Crippen LogP contribution in [0.2, 0.25) is 0 Å². The minimum absolute atomic E-state index is 0.105. The molecular weight excluding hydrogens is 358 g/mol. The maximum Gasteiger partial charge on any atom is 0.408 e. The second kappa shape index (κ2) is 14.4. The summed E-state index contributed by atoms with van der Waals surface area (Å²) in [5, 5.41) is 11.6. The van der Waals surface area contributed by atoms with Crippen LogP contribution in [0.25, 0.3) is 0 Å². The number of amides is 1. The third-order valence-electron chi connectivity index (χ3n) is 3.36. The Kier molecular flexibility index (Phi) is 12.3. The van der Waals surface area contributed by atoms with Crippen molar-refractivity contribution in [2.45, 2.75) is 25.5 Å². The van der Waals surface area contributed by atoms with Crippen LogP contribution in [-0.2, 0) is 25.6 Å². The highest BCUT2D eigenvalue weighted by atomic mass is 32.2. The van der Waals surface area contributed by atoms with E-state index in [1.54, 1.807) is 18.9 Å². The summed E-state index contributed by atoms with van der Waals surface area (Å²) < 4.78 is 15.4. The first-order chi connectivity index (χ1) is 12.6. The largest absolute Gasteiger partial charge is 0.480 e. The van der Waals surface area contributed by atoms with Gasteiger partial charge in [0.15, 0.2) is 0 Å². The number of carboxylic acid groups (broad SMARTS) is 1. The molecule has 26 heavy (non-hydrogen) atoms. The van der Waals surface area contributed by atoms with Crippen LogP contribution in [-0.4, -0.2) is 61.6 Å². The predicted molar refractivity (Wildman–Crippen MR) is 100 cm³/mol. The normalized spacial score (nSPS) is 11.7. The van der Waals surface area contributed by atoms with E-state index >= 15 is 0 Å². The van der Waals surface area contributed by atoms with Gasteiger partial charge in [-0.15, -0.1) is 0 Å². The van der Waals surface area contributed by atoms with Crippen LogP contribution in [0, 0.1) is 0 Å². The minimum atomic E-state index is -1.07. The van der Waals surface area contributed by atoms with E-state index in [2.05, 4.69) is 5.32 Å². The summed E-state index contributed by atoms with van der Waals surface area (Å²) in [6.07, 6.45) is 0.453. The number of hydrogen-bond acceptors (Lipinski definition) is 6. The lowest BCUT2D eigenvalue weighted by atomic mass is 10.2. The van der Waals surface area contributed by atoms with Crippen LogP contribution in [0.5, 0.6) is 0 Å². The van der Waals surface area contributed by atoms with Gasteiger partial charge in [0.25, 0.3) is 0 Å². The van der Waals surface area contributed by atoms with E-state index in [9.17, 15) is 14.7 Å². The van der Waals surface area contributed by atoms with Gasteiger partial charge in [0.1, 0.15) is 12.6 Å². The lowest BCUT2D eigenvalue weighted by Gasteiger charge is -2.14. The number of methoxy groups -OCH3 is 1. The number of carboxylic acids is 1. The maximum atomic E-state index is 11.8. The van der Waals surface area contributed by atoms with Gasteiger partial charge < -0.3 is 24.6 Å². The van der Waals surface area contributed by atoms with Crippen LogP contribution in [0.4, 0.5) is 4.79 Å². The zero-order chi connectivity index (χ0) is 19.0. The maximum absolute atomic E-state index is 11.8. The van der Waals surface area contributed by atoms with Crippen molar-refractivity contribution in [1.29, 1.82) is 0 Å². The van der Waals surface area contributed by atoms with E-state index in [-0.39, 0.29) is 6.61 Å². The smallest absolute Gasteiger partial charge is 0.408 e. The fourth-order valence-electron chi connectivity index (χ4n) is 1.99. The summed E-state index contributed by atoms with van der Waals surface area (Å²) in [5.41, 5.74) is 0.843. The summed E-state index contributed by atoms with van der Waals surface area (Å²) >= 11 is 1.59. The molecule has 0 heterocycles. The molecule has 0 fully saturated rings. The number of thioether (sulfide) groups is 1. The number of carbonyl (C=O) groups is 2. The summed E-state index contributed by atoms with van der Waals surface area (Å²) in [6.45, 7) is 2.05. The van der Waals surface area contributed by atoms with Crippen LogP contribution in [0.15, 0.2) is 30.3 Å². The molecule has 8 heteroatoms. The zero-order valence-corrected chi connectivity index (χ0v) is 15.8. The minimum Gasteiger partial charge on any atom is -0.480 e. The number of ether oxygens (including phenoxy) is 3. The van der Waals surface area contributed by atoms with Crippen LogP contribution < -0.4 is 5.32 Å². The Labute approximate surface area is 158 Å². The Morgan fingerprint density at radius 1 is 1.15 bits per heavy atom. The van der Waals surface area contributed by atoms with Crippen molar-refractivity contribution in [1.82, 2.24) is 5.32 Å². The summed E-state index contributed by atoms with van der Waals surface area (Å²) in [6, 6.07) is 8.25. The van der Waals surface area contributed by atoms with Crippen molar-refractivity contribution in [2.24, 2.45) is 0 Å². The van der Waals surface area contributed by atoms with E-state index in [0.717, 1.165) is 17.7 Å². The SMILES string of the molecule is COCCCOCCSCCC(NC(=O)OCc1ccccc1)C(=O)O. The Hall–Kier alpha value is -1.77. The zero-order valence-electron chi connectivity index (χ0n) is 15.0. The average Bonchev–Trinajstić information content (AvgIpc) is 2.64. The Balaban J connectivity index is 2.14. The van der Waals surface area contributed by atoms with E-state index in [0.29, 0.717) is 32.0 Å². The monoisotopic (exact) mass is 385 g/mol. The van der Waals surface area contributed by atoms with E-state index in [4.69, 9.17) is 14.2 Å². The number of nitrogens with one attached hydrogen (secondary N) is 1. The third-order valence-corrected chi connectivity index (χ3v) is 4.34. The first-order valence-corrected chi connectivity index (χ1v) is 9.63. The molecule has 1 rings (SSSR count). The van der Waals surface area contributed by atoms with Crippen molar-refractivity contribution in [3.63, 3.8) is 0 Å². The molecule has 1 atom stereocenters. The number of carbonyl (C=O) groups excluding carboxylic acids is 1. The number of benzene rings is 1. The summed E-state index contributed by atoms with van der Waals surface area (Å²) in [5.74, 6) is 0.313. The van der Waals surface area contributed by atoms with Crippen molar-refractivity contribution < 1.29 is 28.9 Å². The Morgan fingerprint density at radius 2 is 1.92 bits per heavy atom. The first kappa shape index (κ1) is 22.3. The van der Waals surface area contributed by atoms with Gasteiger partial charge in [-0.2, -0.15) is 11.8 Å². The number of rotatable bonds is 14. The molecule has 1 amide bonds. The van der Waals surface area contributed by atoms with Gasteiger partial charge in [0.05, 0.1) is 6.61 Å². The highest BCUT2D eigenvalue weighted by Gasteiger charge is 2.20.